The fourth-order valence-corrected chi connectivity index (χ4v) is 7.46. The van der Waals surface area contributed by atoms with E-state index in [1.54, 1.807) is 0 Å². The van der Waals surface area contributed by atoms with Crippen LogP contribution >= 0.6 is 0 Å². The van der Waals surface area contributed by atoms with Crippen LogP contribution in [0.1, 0.15) is 98.3 Å². The summed E-state index contributed by atoms with van der Waals surface area (Å²) in [6.07, 6.45) is 12.6. The summed E-state index contributed by atoms with van der Waals surface area (Å²) in [5, 5.41) is 30.6. The van der Waals surface area contributed by atoms with Crippen molar-refractivity contribution in [2.45, 2.75) is 122 Å². The quantitative estimate of drug-likeness (QED) is 0.500. The topological polar surface area (TPSA) is 69.9 Å². The van der Waals surface area contributed by atoms with Crippen molar-refractivity contribution in [1.82, 2.24) is 0 Å². The maximum atomic E-state index is 10.4. The maximum Gasteiger partial charge on any atom is 0.178 e. The lowest BCUT2D eigenvalue weighted by Gasteiger charge is -2.44. The molecule has 31 heavy (non-hydrogen) atoms. The molecule has 2 saturated carbocycles. The highest BCUT2D eigenvalue weighted by Gasteiger charge is 2.51. The van der Waals surface area contributed by atoms with Gasteiger partial charge in [0.25, 0.3) is 0 Å². The molecule has 0 aromatic rings. The summed E-state index contributed by atoms with van der Waals surface area (Å²) >= 11 is 0. The van der Waals surface area contributed by atoms with Gasteiger partial charge in [-0.1, -0.05) is 38.3 Å². The largest absolute Gasteiger partial charge is 0.393 e. The molecule has 0 amide bonds. The standard InChI is InChI=1S/C27H44O4/c1-17(7-5-13-26(2,3)30)22-11-12-23-18(8-6-14-27(22,23)4)15-24-21-16-19(28)9-10-20(21)25(29)31-24/h15,17,19,22-25,28-30H,5-14,16H2,1-4H3/b18-15+/t17-,19-,22-,23+,24+,25?,27-/m1/s1. The molecule has 1 aliphatic heterocycles. The van der Waals surface area contributed by atoms with Gasteiger partial charge in [0.2, 0.25) is 0 Å². The van der Waals surface area contributed by atoms with Crippen molar-refractivity contribution >= 4 is 0 Å². The number of aliphatic hydroxyl groups excluding tert-OH is 2. The van der Waals surface area contributed by atoms with Crippen LogP contribution in [0.5, 0.6) is 0 Å². The van der Waals surface area contributed by atoms with Gasteiger partial charge in [-0.3, -0.25) is 0 Å². The highest BCUT2D eigenvalue weighted by molar-refractivity contribution is 5.34. The predicted octanol–water partition coefficient (Wildman–Crippen LogP) is 5.27. The Labute approximate surface area is 188 Å². The minimum absolute atomic E-state index is 0.152. The van der Waals surface area contributed by atoms with Gasteiger partial charge in [0.05, 0.1) is 11.7 Å². The summed E-state index contributed by atoms with van der Waals surface area (Å²) in [4.78, 5) is 0. The summed E-state index contributed by atoms with van der Waals surface area (Å²) < 4.78 is 5.97. The third-order valence-electron chi connectivity index (χ3n) is 9.07. The molecule has 4 heteroatoms. The second-order valence-corrected chi connectivity index (χ2v) is 11.9. The van der Waals surface area contributed by atoms with Crippen LogP contribution in [0, 0.1) is 23.2 Å². The van der Waals surface area contributed by atoms with Gasteiger partial charge in [-0.25, -0.2) is 0 Å². The number of fused-ring (bicyclic) bond motifs is 1. The van der Waals surface area contributed by atoms with E-state index >= 15 is 0 Å². The van der Waals surface area contributed by atoms with Crippen LogP contribution in [0.4, 0.5) is 0 Å². The van der Waals surface area contributed by atoms with E-state index in [0.29, 0.717) is 23.7 Å². The van der Waals surface area contributed by atoms with Gasteiger partial charge >= 0.3 is 0 Å². The van der Waals surface area contributed by atoms with E-state index in [4.69, 9.17) is 4.74 Å². The Kier molecular flexibility index (Phi) is 6.76. The van der Waals surface area contributed by atoms with Crippen LogP contribution < -0.4 is 0 Å². The van der Waals surface area contributed by atoms with E-state index in [1.807, 2.05) is 13.8 Å². The average molecular weight is 433 g/mol. The molecular formula is C27H44O4. The average Bonchev–Trinajstić information content (AvgIpc) is 3.18. The third kappa shape index (κ3) is 4.83. The van der Waals surface area contributed by atoms with Gasteiger partial charge in [-0.15, -0.1) is 0 Å². The van der Waals surface area contributed by atoms with Crippen molar-refractivity contribution in [3.8, 4) is 0 Å². The molecule has 0 aromatic carbocycles. The van der Waals surface area contributed by atoms with Crippen molar-refractivity contribution in [2.24, 2.45) is 23.2 Å². The fourth-order valence-electron chi connectivity index (χ4n) is 7.46. The van der Waals surface area contributed by atoms with E-state index in [1.165, 1.54) is 37.7 Å². The third-order valence-corrected chi connectivity index (χ3v) is 9.07. The Morgan fingerprint density at radius 1 is 1.16 bits per heavy atom. The molecule has 7 atom stereocenters. The molecule has 0 radical (unpaired) electrons. The van der Waals surface area contributed by atoms with Crippen molar-refractivity contribution in [3.63, 3.8) is 0 Å². The maximum absolute atomic E-state index is 10.4. The monoisotopic (exact) mass is 432 g/mol. The van der Waals surface area contributed by atoms with Gasteiger partial charge in [-0.2, -0.15) is 0 Å². The second-order valence-electron chi connectivity index (χ2n) is 11.9. The van der Waals surface area contributed by atoms with Crippen LogP contribution in [-0.2, 0) is 4.74 Å². The Morgan fingerprint density at radius 2 is 1.94 bits per heavy atom. The molecule has 176 valence electrons. The van der Waals surface area contributed by atoms with E-state index in [-0.39, 0.29) is 12.2 Å². The van der Waals surface area contributed by atoms with Gasteiger partial charge in [-0.05, 0) is 106 Å². The molecule has 4 rings (SSSR count). The van der Waals surface area contributed by atoms with E-state index in [0.717, 1.165) is 49.2 Å². The van der Waals surface area contributed by atoms with Crippen LogP contribution in [0.3, 0.4) is 0 Å². The zero-order chi connectivity index (χ0) is 22.4. The molecule has 1 unspecified atom stereocenters. The molecule has 3 N–H and O–H groups in total. The number of hydrogen-bond acceptors (Lipinski definition) is 4. The Hall–Kier alpha value is -0.680. The molecule has 1 heterocycles. The second kappa shape index (κ2) is 8.93. The smallest absolute Gasteiger partial charge is 0.178 e. The summed E-state index contributed by atoms with van der Waals surface area (Å²) in [5.41, 5.74) is 3.48. The highest BCUT2D eigenvalue weighted by Crippen LogP contribution is 2.60. The van der Waals surface area contributed by atoms with Gasteiger partial charge in [0, 0.05) is 0 Å². The Balaban J connectivity index is 1.47. The predicted molar refractivity (Wildman–Crippen MR) is 123 cm³/mol. The molecule has 3 aliphatic carbocycles. The van der Waals surface area contributed by atoms with E-state index in [2.05, 4.69) is 19.9 Å². The van der Waals surface area contributed by atoms with Crippen molar-refractivity contribution < 1.29 is 20.1 Å². The van der Waals surface area contributed by atoms with Crippen LogP contribution in [-0.4, -0.2) is 39.4 Å². The molecule has 0 bridgehead atoms. The normalized spacial score (nSPS) is 40.9. The van der Waals surface area contributed by atoms with E-state index < -0.39 is 11.9 Å². The lowest BCUT2D eigenvalue weighted by atomic mass is 9.60. The van der Waals surface area contributed by atoms with Gasteiger partial charge in [0.15, 0.2) is 6.29 Å². The summed E-state index contributed by atoms with van der Waals surface area (Å²) in [5.74, 6) is 2.04. The van der Waals surface area contributed by atoms with Crippen LogP contribution in [0.2, 0.25) is 0 Å². The minimum Gasteiger partial charge on any atom is -0.393 e. The number of allylic oxidation sites excluding steroid dienone is 1. The zero-order valence-corrected chi connectivity index (χ0v) is 20.1. The first-order valence-electron chi connectivity index (χ1n) is 12.7. The van der Waals surface area contributed by atoms with Crippen LogP contribution in [0.25, 0.3) is 0 Å². The molecule has 0 saturated heterocycles. The fraction of sp³-hybridized carbons (Fsp3) is 0.852. The molecule has 0 aromatic heterocycles. The van der Waals surface area contributed by atoms with E-state index in [9.17, 15) is 15.3 Å². The van der Waals surface area contributed by atoms with Crippen molar-refractivity contribution in [1.29, 1.82) is 0 Å². The van der Waals surface area contributed by atoms with Gasteiger partial charge < -0.3 is 20.1 Å². The summed E-state index contributed by atoms with van der Waals surface area (Å²) in [6, 6.07) is 0. The Morgan fingerprint density at radius 3 is 2.68 bits per heavy atom. The van der Waals surface area contributed by atoms with Crippen LogP contribution in [0.15, 0.2) is 22.8 Å². The minimum atomic E-state index is -0.786. The zero-order valence-electron chi connectivity index (χ0n) is 20.1. The number of hydrogen-bond donors (Lipinski definition) is 3. The lowest BCUT2D eigenvalue weighted by Crippen LogP contribution is -2.36. The number of aliphatic hydroxyl groups is 3. The van der Waals surface area contributed by atoms with Crippen molar-refractivity contribution in [3.05, 3.63) is 22.8 Å². The number of rotatable bonds is 6. The van der Waals surface area contributed by atoms with Crippen molar-refractivity contribution in [2.75, 3.05) is 0 Å². The number of ether oxygens (including phenoxy) is 1. The van der Waals surface area contributed by atoms with Gasteiger partial charge in [0.1, 0.15) is 6.10 Å². The first kappa shape index (κ1) is 23.5. The summed E-state index contributed by atoms with van der Waals surface area (Å²) in [6.45, 7) is 8.78. The molecule has 4 aliphatic rings. The molecular weight excluding hydrogens is 388 g/mol. The SMILES string of the molecule is C[C@H](CCCC(C)(C)O)[C@H]1CC[C@H]2/C(=C/[C@@H]3OC(O)C4=C3C[C@H](O)CC4)CCC[C@]12C. The molecule has 0 spiro atoms. The lowest BCUT2D eigenvalue weighted by molar-refractivity contribution is -0.0688. The summed E-state index contributed by atoms with van der Waals surface area (Å²) in [7, 11) is 0. The molecule has 2 fully saturated rings. The Bertz CT molecular complexity index is 717. The molecule has 4 nitrogen and oxygen atoms in total. The first-order valence-corrected chi connectivity index (χ1v) is 12.7. The first-order chi connectivity index (χ1) is 14.6. The highest BCUT2D eigenvalue weighted by atomic mass is 16.6.